The maximum Gasteiger partial charge on any atom is 0.408 e. The molecule has 0 saturated heterocycles. The van der Waals surface area contributed by atoms with Gasteiger partial charge in [0.05, 0.1) is 0 Å². The van der Waals surface area contributed by atoms with Crippen molar-refractivity contribution in [2.45, 2.75) is 65.6 Å². The topological polar surface area (TPSA) is 87.7 Å². The van der Waals surface area contributed by atoms with Gasteiger partial charge in [0.1, 0.15) is 17.7 Å². The summed E-state index contributed by atoms with van der Waals surface area (Å²) in [5.74, 6) is -0.952. The fourth-order valence-corrected chi connectivity index (χ4v) is 4.54. The van der Waals surface area contributed by atoms with E-state index in [1.165, 1.54) is 0 Å². The van der Waals surface area contributed by atoms with Crippen molar-refractivity contribution >= 4 is 40.4 Å². The van der Waals surface area contributed by atoms with E-state index in [4.69, 9.17) is 4.74 Å². The first kappa shape index (κ1) is 30.4. The van der Waals surface area contributed by atoms with E-state index >= 15 is 0 Å². The van der Waals surface area contributed by atoms with E-state index in [9.17, 15) is 14.4 Å². The summed E-state index contributed by atoms with van der Waals surface area (Å²) in [5.41, 5.74) is 1.39. The number of nitrogens with zero attached hydrogens (tertiary/aromatic N) is 1. The first-order chi connectivity index (χ1) is 18.9. The van der Waals surface area contributed by atoms with Crippen LogP contribution in [-0.2, 0) is 14.3 Å². The van der Waals surface area contributed by atoms with Crippen LogP contribution >= 0.6 is 0 Å². The lowest BCUT2D eigenvalue weighted by Crippen LogP contribution is -2.54. The van der Waals surface area contributed by atoms with E-state index in [2.05, 4.69) is 17.2 Å². The molecule has 7 nitrogen and oxygen atoms in total. The number of nitrogens with one attached hydrogen (secondary N) is 2. The third-order valence-corrected chi connectivity index (χ3v) is 6.39. The van der Waals surface area contributed by atoms with Gasteiger partial charge in [-0.2, -0.15) is 0 Å². The summed E-state index contributed by atoms with van der Waals surface area (Å²) in [6.45, 7) is 15.1. The van der Waals surface area contributed by atoms with Crippen molar-refractivity contribution in [2.24, 2.45) is 5.92 Å². The number of benzene rings is 3. The molecule has 0 heterocycles. The van der Waals surface area contributed by atoms with Gasteiger partial charge in [-0.3, -0.25) is 9.59 Å². The summed E-state index contributed by atoms with van der Waals surface area (Å²) in [5, 5.41) is 7.84. The third-order valence-electron chi connectivity index (χ3n) is 6.39. The van der Waals surface area contributed by atoms with Crippen LogP contribution in [0.2, 0.25) is 0 Å². The van der Waals surface area contributed by atoms with Gasteiger partial charge in [0.15, 0.2) is 0 Å². The smallest absolute Gasteiger partial charge is 0.408 e. The average molecular weight is 544 g/mol. The molecule has 0 spiro atoms. The Balaban J connectivity index is 2.02. The van der Waals surface area contributed by atoms with Crippen molar-refractivity contribution in [2.75, 3.05) is 11.9 Å². The predicted octanol–water partition coefficient (Wildman–Crippen LogP) is 6.95. The molecule has 0 saturated carbocycles. The molecule has 0 aliphatic carbocycles. The van der Waals surface area contributed by atoms with Crippen molar-refractivity contribution < 1.29 is 19.1 Å². The highest BCUT2D eigenvalue weighted by molar-refractivity contribution is 6.00. The highest BCUT2D eigenvalue weighted by Crippen LogP contribution is 2.28. The lowest BCUT2D eigenvalue weighted by Gasteiger charge is -2.35. The Bertz CT molecular complexity index is 1360. The summed E-state index contributed by atoms with van der Waals surface area (Å²) in [7, 11) is 0. The summed E-state index contributed by atoms with van der Waals surface area (Å²) in [6, 6.07) is 19.2. The lowest BCUT2D eigenvalue weighted by atomic mass is 9.97. The Kier molecular flexibility index (Phi) is 10.1. The highest BCUT2D eigenvalue weighted by Gasteiger charge is 2.37. The first-order valence-electron chi connectivity index (χ1n) is 13.8. The van der Waals surface area contributed by atoms with E-state index in [0.29, 0.717) is 24.2 Å². The van der Waals surface area contributed by atoms with E-state index in [-0.39, 0.29) is 17.7 Å². The normalized spacial score (nSPS) is 12.9. The number of carbonyl (C=O) groups excluding carboxylic acids is 3. The quantitative estimate of drug-likeness (QED) is 0.290. The number of hydrogen-bond acceptors (Lipinski definition) is 4. The fourth-order valence-electron chi connectivity index (χ4n) is 4.54. The van der Waals surface area contributed by atoms with Crippen LogP contribution in [0.1, 0.15) is 65.1 Å². The van der Waals surface area contributed by atoms with Gasteiger partial charge in [-0.15, -0.1) is 0 Å². The molecule has 3 rings (SSSR count). The van der Waals surface area contributed by atoms with Crippen LogP contribution in [0.25, 0.3) is 16.8 Å². The van der Waals surface area contributed by atoms with Gasteiger partial charge in [0.25, 0.3) is 5.91 Å². The van der Waals surface area contributed by atoms with Crippen LogP contribution < -0.4 is 10.6 Å². The molecule has 3 amide bonds. The minimum Gasteiger partial charge on any atom is -0.444 e. The number of fused-ring (bicyclic) bond motifs is 1. The summed E-state index contributed by atoms with van der Waals surface area (Å²) in [4.78, 5) is 42.4. The largest absolute Gasteiger partial charge is 0.444 e. The number of anilines is 1. The SMILES string of the molecule is C=Cc1cccc(C(C(=O)Nc2ccc3ccccc3c2)N(CCC)C(=O)C(NC(=O)OC(C)(C)C)C(C)C)c1. The molecular formula is C33H41N3O4. The van der Waals surface area contributed by atoms with Gasteiger partial charge in [-0.25, -0.2) is 4.79 Å². The number of ether oxygens (including phenoxy) is 1. The van der Waals surface area contributed by atoms with Gasteiger partial charge in [-0.1, -0.05) is 82.0 Å². The van der Waals surface area contributed by atoms with Crippen molar-refractivity contribution in [3.8, 4) is 0 Å². The highest BCUT2D eigenvalue weighted by atomic mass is 16.6. The second-order valence-electron chi connectivity index (χ2n) is 11.2. The maximum absolute atomic E-state index is 14.1. The molecule has 7 heteroatoms. The molecule has 0 bridgehead atoms. The molecule has 0 aromatic heterocycles. The zero-order valence-corrected chi connectivity index (χ0v) is 24.4. The number of carbonyl (C=O) groups is 3. The van der Waals surface area contributed by atoms with E-state index in [1.807, 2.05) is 87.5 Å². The molecule has 212 valence electrons. The van der Waals surface area contributed by atoms with Crippen molar-refractivity contribution in [3.63, 3.8) is 0 Å². The van der Waals surface area contributed by atoms with Crippen LogP contribution in [0.4, 0.5) is 10.5 Å². The number of alkyl carbamates (subject to hydrolysis) is 1. The number of hydrogen-bond donors (Lipinski definition) is 2. The number of rotatable bonds is 10. The Hall–Kier alpha value is -4.13. The summed E-state index contributed by atoms with van der Waals surface area (Å²) >= 11 is 0. The zero-order valence-electron chi connectivity index (χ0n) is 24.4. The molecular weight excluding hydrogens is 502 g/mol. The van der Waals surface area contributed by atoms with Crippen LogP contribution in [-0.4, -0.2) is 41.0 Å². The standard InChI is InChI=1S/C33H41N3O4/c1-8-19-36(31(38)28(22(3)4)35-32(39)40-33(5,6)7)29(26-16-12-13-23(9-2)20-26)30(37)34-27-18-17-24-14-10-11-15-25(24)21-27/h9-18,20-22,28-29H,2,8,19H2,1,3-7H3,(H,34,37)(H,35,39). The molecule has 2 N–H and O–H groups in total. The van der Waals surface area contributed by atoms with E-state index in [0.717, 1.165) is 16.3 Å². The van der Waals surface area contributed by atoms with Crippen LogP contribution in [0.15, 0.2) is 73.3 Å². The average Bonchev–Trinajstić information content (AvgIpc) is 2.90. The Labute approximate surface area is 237 Å². The molecule has 0 aliphatic heterocycles. The van der Waals surface area contributed by atoms with E-state index < -0.39 is 23.8 Å². The van der Waals surface area contributed by atoms with Gasteiger partial charge in [-0.05, 0) is 73.2 Å². The van der Waals surface area contributed by atoms with Crippen molar-refractivity contribution in [3.05, 3.63) is 84.4 Å². The van der Waals surface area contributed by atoms with Gasteiger partial charge < -0.3 is 20.3 Å². The molecule has 2 atom stereocenters. The number of amides is 3. The van der Waals surface area contributed by atoms with Crippen molar-refractivity contribution in [1.82, 2.24) is 10.2 Å². The van der Waals surface area contributed by atoms with Crippen LogP contribution in [0, 0.1) is 5.92 Å². The molecule has 0 fully saturated rings. The minimum atomic E-state index is -0.944. The Morgan fingerprint density at radius 3 is 2.30 bits per heavy atom. The fraction of sp³-hybridized carbons (Fsp3) is 0.364. The summed E-state index contributed by atoms with van der Waals surface area (Å²) in [6.07, 6.45) is 1.64. The Morgan fingerprint density at radius 2 is 1.68 bits per heavy atom. The van der Waals surface area contributed by atoms with Crippen LogP contribution in [0.3, 0.4) is 0 Å². The molecule has 0 aliphatic rings. The first-order valence-corrected chi connectivity index (χ1v) is 13.8. The Morgan fingerprint density at radius 1 is 0.975 bits per heavy atom. The molecule has 3 aromatic carbocycles. The summed E-state index contributed by atoms with van der Waals surface area (Å²) < 4.78 is 5.43. The molecule has 0 radical (unpaired) electrons. The second-order valence-corrected chi connectivity index (χ2v) is 11.2. The van der Waals surface area contributed by atoms with Gasteiger partial charge in [0.2, 0.25) is 5.91 Å². The zero-order chi connectivity index (χ0) is 29.4. The van der Waals surface area contributed by atoms with Crippen molar-refractivity contribution in [1.29, 1.82) is 0 Å². The minimum absolute atomic E-state index is 0.247. The van der Waals surface area contributed by atoms with Crippen LogP contribution in [0.5, 0.6) is 0 Å². The predicted molar refractivity (Wildman–Crippen MR) is 162 cm³/mol. The second kappa shape index (κ2) is 13.3. The molecule has 2 unspecified atom stereocenters. The van der Waals surface area contributed by atoms with Gasteiger partial charge in [0, 0.05) is 12.2 Å². The lowest BCUT2D eigenvalue weighted by molar-refractivity contribution is -0.141. The molecule has 40 heavy (non-hydrogen) atoms. The van der Waals surface area contributed by atoms with Gasteiger partial charge >= 0.3 is 6.09 Å². The van der Waals surface area contributed by atoms with E-state index in [1.54, 1.807) is 31.7 Å². The third kappa shape index (κ3) is 7.94. The monoisotopic (exact) mass is 543 g/mol. The molecule has 3 aromatic rings. The maximum atomic E-state index is 14.1.